The van der Waals surface area contributed by atoms with E-state index in [1.807, 2.05) is 0 Å². The van der Waals surface area contributed by atoms with Crippen LogP contribution < -0.4 is 4.74 Å². The van der Waals surface area contributed by atoms with E-state index in [2.05, 4.69) is 0 Å². The summed E-state index contributed by atoms with van der Waals surface area (Å²) in [6.45, 7) is 5.56. The van der Waals surface area contributed by atoms with Gasteiger partial charge in [-0.2, -0.15) is 0 Å². The fourth-order valence-corrected chi connectivity index (χ4v) is 2.20. The summed E-state index contributed by atoms with van der Waals surface area (Å²) in [5.41, 5.74) is 0.834. The van der Waals surface area contributed by atoms with Crippen LogP contribution in [0.3, 0.4) is 0 Å². The lowest BCUT2D eigenvalue weighted by Gasteiger charge is -2.29. The van der Waals surface area contributed by atoms with Gasteiger partial charge in [-0.15, -0.1) is 0 Å². The van der Waals surface area contributed by atoms with E-state index in [0.717, 1.165) is 0 Å². The zero-order chi connectivity index (χ0) is 15.4. The Balaban J connectivity index is 2.05. The average molecular weight is 293 g/mol. The van der Waals surface area contributed by atoms with E-state index in [9.17, 15) is 9.59 Å². The first kappa shape index (κ1) is 15.3. The highest BCUT2D eigenvalue weighted by atomic mass is 16.5. The summed E-state index contributed by atoms with van der Waals surface area (Å²) in [5.74, 6) is -0.743. The molecule has 0 saturated carbocycles. The minimum Gasteiger partial charge on any atom is -0.481 e. The highest BCUT2D eigenvalue weighted by molar-refractivity contribution is 5.89. The summed E-state index contributed by atoms with van der Waals surface area (Å²) in [7, 11) is 0. The largest absolute Gasteiger partial charge is 0.481 e. The predicted molar refractivity (Wildman–Crippen MR) is 75.6 cm³/mol. The topological polar surface area (TPSA) is 76.1 Å². The number of nitrogens with zero attached hydrogens (tertiary/aromatic N) is 1. The molecule has 1 heterocycles. The Morgan fingerprint density at radius 1 is 1.33 bits per heavy atom. The Labute approximate surface area is 123 Å². The molecule has 0 radical (unpaired) electrons. The van der Waals surface area contributed by atoms with Crippen LogP contribution in [0, 0.1) is 6.92 Å². The second-order valence-corrected chi connectivity index (χ2v) is 4.98. The van der Waals surface area contributed by atoms with Gasteiger partial charge in [0.05, 0.1) is 18.8 Å². The third-order valence-corrected chi connectivity index (χ3v) is 3.42. The molecule has 1 aliphatic rings. The van der Waals surface area contributed by atoms with Crippen molar-refractivity contribution in [2.24, 2.45) is 0 Å². The van der Waals surface area contributed by atoms with Gasteiger partial charge < -0.3 is 19.5 Å². The van der Waals surface area contributed by atoms with Gasteiger partial charge in [0.25, 0.3) is 5.91 Å². The number of aromatic carboxylic acids is 1. The second-order valence-electron chi connectivity index (χ2n) is 4.98. The minimum atomic E-state index is -1.01. The molecule has 1 saturated heterocycles. The Morgan fingerprint density at radius 3 is 2.62 bits per heavy atom. The number of carboxylic acids is 1. The maximum atomic E-state index is 12.2. The first-order valence-electron chi connectivity index (χ1n) is 6.86. The van der Waals surface area contributed by atoms with Crippen molar-refractivity contribution >= 4 is 11.9 Å². The molecule has 2 rings (SSSR count). The zero-order valence-electron chi connectivity index (χ0n) is 12.2. The van der Waals surface area contributed by atoms with Gasteiger partial charge in [-0.05, 0) is 31.5 Å². The first-order chi connectivity index (χ1) is 9.99. The molecule has 0 aliphatic carbocycles. The van der Waals surface area contributed by atoms with Crippen LogP contribution in [0.1, 0.15) is 22.8 Å². The van der Waals surface area contributed by atoms with Crippen LogP contribution in [0.4, 0.5) is 0 Å². The Bertz CT molecular complexity index is 537. The van der Waals surface area contributed by atoms with Crippen molar-refractivity contribution in [1.29, 1.82) is 0 Å². The van der Waals surface area contributed by atoms with E-state index in [4.69, 9.17) is 14.6 Å². The smallest absolute Gasteiger partial charge is 0.336 e. The fraction of sp³-hybridized carbons (Fsp3) is 0.467. The van der Waals surface area contributed by atoms with E-state index in [0.29, 0.717) is 37.6 Å². The summed E-state index contributed by atoms with van der Waals surface area (Å²) in [4.78, 5) is 25.0. The van der Waals surface area contributed by atoms with Gasteiger partial charge in [0.2, 0.25) is 0 Å². The average Bonchev–Trinajstić information content (AvgIpc) is 2.49. The number of hydrogen-bond acceptors (Lipinski definition) is 4. The standard InChI is InChI=1S/C15H19NO5/c1-10-3-4-12(9-13(10)15(18)19)21-11(2)14(17)16-5-7-20-8-6-16/h3-4,9,11H,5-8H2,1-2H3,(H,18,19). The third-order valence-electron chi connectivity index (χ3n) is 3.42. The van der Waals surface area contributed by atoms with Crippen molar-refractivity contribution in [2.75, 3.05) is 26.3 Å². The molecule has 6 nitrogen and oxygen atoms in total. The minimum absolute atomic E-state index is 0.115. The molecule has 0 bridgehead atoms. The van der Waals surface area contributed by atoms with E-state index in [-0.39, 0.29) is 11.5 Å². The van der Waals surface area contributed by atoms with Gasteiger partial charge in [0.15, 0.2) is 6.10 Å². The van der Waals surface area contributed by atoms with Crippen molar-refractivity contribution in [3.63, 3.8) is 0 Å². The molecular weight excluding hydrogens is 274 g/mol. The van der Waals surface area contributed by atoms with Gasteiger partial charge >= 0.3 is 5.97 Å². The molecule has 21 heavy (non-hydrogen) atoms. The summed E-state index contributed by atoms with van der Waals surface area (Å²) in [5, 5.41) is 9.09. The van der Waals surface area contributed by atoms with Gasteiger partial charge in [-0.25, -0.2) is 4.79 Å². The molecule has 1 aromatic carbocycles. The second kappa shape index (κ2) is 6.58. The summed E-state index contributed by atoms with van der Waals surface area (Å²) >= 11 is 0. The van der Waals surface area contributed by atoms with E-state index >= 15 is 0 Å². The highest BCUT2D eigenvalue weighted by Crippen LogP contribution is 2.19. The van der Waals surface area contributed by atoms with Crippen LogP contribution in [-0.4, -0.2) is 54.3 Å². The number of carboxylic acid groups (broad SMARTS) is 1. The lowest BCUT2D eigenvalue weighted by molar-refractivity contribution is -0.142. The summed E-state index contributed by atoms with van der Waals surface area (Å²) in [6.07, 6.45) is -0.660. The number of morpholine rings is 1. The zero-order valence-corrected chi connectivity index (χ0v) is 12.2. The molecule has 114 valence electrons. The molecule has 6 heteroatoms. The van der Waals surface area contributed by atoms with Crippen molar-refractivity contribution in [2.45, 2.75) is 20.0 Å². The molecule has 1 fully saturated rings. The number of rotatable bonds is 4. The molecule has 1 unspecified atom stereocenters. The Hall–Kier alpha value is -2.08. The number of carbonyl (C=O) groups excluding carboxylic acids is 1. The molecule has 1 aromatic rings. The van der Waals surface area contributed by atoms with Crippen LogP contribution in [0.15, 0.2) is 18.2 Å². The monoisotopic (exact) mass is 293 g/mol. The maximum absolute atomic E-state index is 12.2. The fourth-order valence-electron chi connectivity index (χ4n) is 2.20. The Morgan fingerprint density at radius 2 is 2.00 bits per heavy atom. The van der Waals surface area contributed by atoms with E-state index in [1.54, 1.807) is 30.9 Å². The highest BCUT2D eigenvalue weighted by Gasteiger charge is 2.24. The van der Waals surface area contributed by atoms with Crippen LogP contribution in [0.5, 0.6) is 5.75 Å². The molecule has 0 spiro atoms. The summed E-state index contributed by atoms with van der Waals surface area (Å²) in [6, 6.07) is 4.79. The van der Waals surface area contributed by atoms with Crippen molar-refractivity contribution in [3.8, 4) is 5.75 Å². The van der Waals surface area contributed by atoms with Crippen molar-refractivity contribution in [1.82, 2.24) is 4.90 Å². The van der Waals surface area contributed by atoms with Gasteiger partial charge in [-0.1, -0.05) is 6.07 Å². The molecule has 1 aliphatic heterocycles. The Kier molecular flexibility index (Phi) is 4.80. The predicted octanol–water partition coefficient (Wildman–Crippen LogP) is 1.32. The van der Waals surface area contributed by atoms with Crippen LogP contribution in [0.25, 0.3) is 0 Å². The number of hydrogen-bond donors (Lipinski definition) is 1. The molecular formula is C15H19NO5. The normalized spacial score (nSPS) is 16.4. The summed E-state index contributed by atoms with van der Waals surface area (Å²) < 4.78 is 10.8. The first-order valence-corrected chi connectivity index (χ1v) is 6.86. The lowest BCUT2D eigenvalue weighted by atomic mass is 10.1. The number of ether oxygens (including phenoxy) is 2. The number of aryl methyl sites for hydroxylation is 1. The maximum Gasteiger partial charge on any atom is 0.336 e. The van der Waals surface area contributed by atoms with E-state index in [1.165, 1.54) is 6.07 Å². The molecule has 1 atom stereocenters. The SMILES string of the molecule is Cc1ccc(OC(C)C(=O)N2CCOCC2)cc1C(=O)O. The van der Waals surface area contributed by atoms with Crippen LogP contribution in [-0.2, 0) is 9.53 Å². The molecule has 1 amide bonds. The van der Waals surface area contributed by atoms with Gasteiger partial charge in [0.1, 0.15) is 5.75 Å². The van der Waals surface area contributed by atoms with E-state index < -0.39 is 12.1 Å². The van der Waals surface area contributed by atoms with Crippen molar-refractivity contribution < 1.29 is 24.2 Å². The van der Waals surface area contributed by atoms with Gasteiger partial charge in [-0.3, -0.25) is 4.79 Å². The van der Waals surface area contributed by atoms with Gasteiger partial charge in [0, 0.05) is 13.1 Å². The van der Waals surface area contributed by atoms with Crippen LogP contribution >= 0.6 is 0 Å². The number of benzene rings is 1. The molecule has 1 N–H and O–H groups in total. The number of amides is 1. The van der Waals surface area contributed by atoms with Crippen LogP contribution in [0.2, 0.25) is 0 Å². The van der Waals surface area contributed by atoms with Crippen molar-refractivity contribution in [3.05, 3.63) is 29.3 Å². The molecule has 0 aromatic heterocycles. The number of carbonyl (C=O) groups is 2. The third kappa shape index (κ3) is 3.72. The lowest BCUT2D eigenvalue weighted by Crippen LogP contribution is -2.46. The quantitative estimate of drug-likeness (QED) is 0.906.